The summed E-state index contributed by atoms with van der Waals surface area (Å²) in [4.78, 5) is 0. The predicted molar refractivity (Wildman–Crippen MR) is 70.9 cm³/mol. The van der Waals surface area contributed by atoms with E-state index in [0.717, 1.165) is 31.8 Å². The van der Waals surface area contributed by atoms with Crippen LogP contribution in [0.5, 0.6) is 0 Å². The molecule has 4 N–H and O–H groups in total. The average molecular weight is 236 g/mol. The molecule has 17 heavy (non-hydrogen) atoms. The van der Waals surface area contributed by atoms with Crippen LogP contribution in [0.15, 0.2) is 24.0 Å². The Bertz CT molecular complexity index is 311. The van der Waals surface area contributed by atoms with Crippen LogP contribution in [0.1, 0.15) is 26.7 Å². The second kappa shape index (κ2) is 5.56. The Kier molecular flexibility index (Phi) is 4.07. The highest BCUT2D eigenvalue weighted by Crippen LogP contribution is 2.20. The molecule has 0 aromatic heterocycles. The fourth-order valence-electron chi connectivity index (χ4n) is 2.38. The van der Waals surface area contributed by atoms with E-state index in [-0.39, 0.29) is 6.04 Å². The Morgan fingerprint density at radius 1 is 1.59 bits per heavy atom. The van der Waals surface area contributed by atoms with E-state index in [1.54, 1.807) is 0 Å². The molecule has 1 aliphatic carbocycles. The van der Waals surface area contributed by atoms with E-state index in [1.165, 1.54) is 5.70 Å². The lowest BCUT2D eigenvalue weighted by atomic mass is 9.91. The minimum atomic E-state index is 0.186. The molecule has 2 rings (SSSR count). The van der Waals surface area contributed by atoms with E-state index in [9.17, 15) is 0 Å². The van der Waals surface area contributed by atoms with Crippen molar-refractivity contribution in [3.05, 3.63) is 24.0 Å². The summed E-state index contributed by atoms with van der Waals surface area (Å²) in [7, 11) is 0. The number of hydrogen-bond acceptors (Lipinski definition) is 4. The van der Waals surface area contributed by atoms with Crippen molar-refractivity contribution in [2.24, 2.45) is 11.7 Å². The van der Waals surface area contributed by atoms with Gasteiger partial charge in [-0.15, -0.1) is 0 Å². The zero-order valence-corrected chi connectivity index (χ0v) is 10.8. The molecular weight excluding hydrogens is 212 g/mol. The Balaban J connectivity index is 1.77. The highest BCUT2D eigenvalue weighted by Gasteiger charge is 2.19. The van der Waals surface area contributed by atoms with Gasteiger partial charge in [0.1, 0.15) is 0 Å². The summed E-state index contributed by atoms with van der Waals surface area (Å²) in [5.41, 5.74) is 10.7. The highest BCUT2D eigenvalue weighted by atomic mass is 15.5. The summed E-state index contributed by atoms with van der Waals surface area (Å²) in [5.74, 6) is 0.718. The van der Waals surface area contributed by atoms with Crippen molar-refractivity contribution in [3.63, 3.8) is 0 Å². The quantitative estimate of drug-likeness (QED) is 0.680. The molecule has 0 bridgehead atoms. The molecule has 0 radical (unpaired) electrons. The van der Waals surface area contributed by atoms with Gasteiger partial charge in [0.2, 0.25) is 0 Å². The second-order valence-corrected chi connectivity index (χ2v) is 5.09. The number of nitrogens with zero attached hydrogens (tertiary/aromatic N) is 1. The van der Waals surface area contributed by atoms with E-state index < -0.39 is 0 Å². The number of nitrogens with one attached hydrogen (secondary N) is 2. The fourth-order valence-corrected chi connectivity index (χ4v) is 2.38. The lowest BCUT2D eigenvalue weighted by molar-refractivity contribution is 0.285. The normalized spacial score (nSPS) is 32.8. The van der Waals surface area contributed by atoms with Gasteiger partial charge in [-0.3, -0.25) is 0 Å². The van der Waals surface area contributed by atoms with Gasteiger partial charge in [-0.05, 0) is 31.8 Å². The van der Waals surface area contributed by atoms with E-state index in [2.05, 4.69) is 48.0 Å². The molecule has 0 aromatic rings. The molecule has 0 amide bonds. The first-order chi connectivity index (χ1) is 8.19. The minimum absolute atomic E-state index is 0.186. The molecule has 96 valence electrons. The van der Waals surface area contributed by atoms with Crippen LogP contribution in [-0.4, -0.2) is 30.2 Å². The van der Waals surface area contributed by atoms with Crippen LogP contribution in [0.4, 0.5) is 0 Å². The first-order valence-electron chi connectivity index (χ1n) is 6.59. The van der Waals surface area contributed by atoms with E-state index in [1.807, 2.05) is 0 Å². The number of hydrogen-bond donors (Lipinski definition) is 3. The molecule has 2 aliphatic rings. The summed E-state index contributed by atoms with van der Waals surface area (Å²) >= 11 is 0. The lowest BCUT2D eigenvalue weighted by Crippen LogP contribution is -2.43. The summed E-state index contributed by atoms with van der Waals surface area (Å²) < 4.78 is 0. The van der Waals surface area contributed by atoms with Gasteiger partial charge in [0.05, 0.1) is 6.04 Å². The van der Waals surface area contributed by atoms with Crippen molar-refractivity contribution in [1.82, 2.24) is 15.8 Å². The van der Waals surface area contributed by atoms with Crippen molar-refractivity contribution in [3.8, 4) is 0 Å². The van der Waals surface area contributed by atoms with Crippen LogP contribution < -0.4 is 16.5 Å². The van der Waals surface area contributed by atoms with Crippen molar-refractivity contribution in [2.75, 3.05) is 13.1 Å². The number of rotatable bonds is 4. The Hall–Kier alpha value is -1.00. The van der Waals surface area contributed by atoms with Gasteiger partial charge in [-0.25, -0.2) is 5.43 Å². The van der Waals surface area contributed by atoms with Crippen LogP contribution in [-0.2, 0) is 0 Å². The number of hydrazine groups is 1. The Morgan fingerprint density at radius 3 is 3.06 bits per heavy atom. The highest BCUT2D eigenvalue weighted by molar-refractivity contribution is 5.13. The molecule has 4 heteroatoms. The molecule has 0 aromatic carbocycles. The third kappa shape index (κ3) is 3.23. The fraction of sp³-hybridized carbons (Fsp3) is 0.692. The third-order valence-corrected chi connectivity index (χ3v) is 3.49. The summed E-state index contributed by atoms with van der Waals surface area (Å²) in [6.07, 6.45) is 8.78. The van der Waals surface area contributed by atoms with Crippen LogP contribution in [0.3, 0.4) is 0 Å². The average Bonchev–Trinajstić information content (AvgIpc) is 2.76. The maximum absolute atomic E-state index is 6.13. The molecule has 0 saturated heterocycles. The minimum Gasteiger partial charge on any atom is -0.385 e. The molecule has 0 spiro atoms. The van der Waals surface area contributed by atoms with Crippen LogP contribution in [0.25, 0.3) is 0 Å². The zero-order chi connectivity index (χ0) is 12.3. The van der Waals surface area contributed by atoms with Crippen molar-refractivity contribution in [2.45, 2.75) is 38.8 Å². The SMILES string of the molecule is CCN1C=CC(CNC2=CCC(C)CC2N)N1. The van der Waals surface area contributed by atoms with E-state index in [4.69, 9.17) is 5.73 Å². The van der Waals surface area contributed by atoms with Crippen molar-refractivity contribution in [1.29, 1.82) is 0 Å². The second-order valence-electron chi connectivity index (χ2n) is 5.09. The Labute approximate surface area is 104 Å². The predicted octanol–water partition coefficient (Wildman–Crippen LogP) is 0.940. The van der Waals surface area contributed by atoms with Gasteiger partial charge in [0.15, 0.2) is 0 Å². The van der Waals surface area contributed by atoms with Gasteiger partial charge >= 0.3 is 0 Å². The molecule has 0 saturated carbocycles. The topological polar surface area (TPSA) is 53.3 Å². The van der Waals surface area contributed by atoms with Gasteiger partial charge < -0.3 is 16.1 Å². The van der Waals surface area contributed by atoms with Gasteiger partial charge in [0, 0.05) is 31.0 Å². The summed E-state index contributed by atoms with van der Waals surface area (Å²) in [6, 6.07) is 0.564. The largest absolute Gasteiger partial charge is 0.385 e. The summed E-state index contributed by atoms with van der Waals surface area (Å²) in [6.45, 7) is 6.29. The molecule has 1 heterocycles. The molecule has 1 aliphatic heterocycles. The van der Waals surface area contributed by atoms with Crippen molar-refractivity contribution >= 4 is 0 Å². The molecule has 4 nitrogen and oxygen atoms in total. The first kappa shape index (κ1) is 12.5. The smallest absolute Gasteiger partial charge is 0.0632 e. The van der Waals surface area contributed by atoms with E-state index in [0.29, 0.717) is 6.04 Å². The van der Waals surface area contributed by atoms with Crippen LogP contribution in [0.2, 0.25) is 0 Å². The third-order valence-electron chi connectivity index (χ3n) is 3.49. The van der Waals surface area contributed by atoms with Gasteiger partial charge in [-0.2, -0.15) is 0 Å². The van der Waals surface area contributed by atoms with Gasteiger partial charge in [0.25, 0.3) is 0 Å². The lowest BCUT2D eigenvalue weighted by Gasteiger charge is -2.27. The first-order valence-corrected chi connectivity index (χ1v) is 6.59. The van der Waals surface area contributed by atoms with Crippen LogP contribution in [0, 0.1) is 5.92 Å². The van der Waals surface area contributed by atoms with E-state index >= 15 is 0 Å². The zero-order valence-electron chi connectivity index (χ0n) is 10.8. The monoisotopic (exact) mass is 236 g/mol. The van der Waals surface area contributed by atoms with Crippen LogP contribution >= 0.6 is 0 Å². The number of allylic oxidation sites excluding steroid dienone is 1. The maximum atomic E-state index is 6.13. The van der Waals surface area contributed by atoms with Gasteiger partial charge in [-0.1, -0.05) is 13.0 Å². The maximum Gasteiger partial charge on any atom is 0.0632 e. The Morgan fingerprint density at radius 2 is 2.41 bits per heavy atom. The molecular formula is C13H24N4. The molecule has 0 fully saturated rings. The summed E-state index contributed by atoms with van der Waals surface area (Å²) in [5, 5.41) is 5.57. The molecule has 3 atom stereocenters. The number of nitrogens with two attached hydrogens (primary N) is 1. The standard InChI is InChI=1S/C13H24N4/c1-3-17-7-6-11(16-17)9-15-13-5-4-10(2)8-12(13)14/h5-7,10-12,15-16H,3-4,8-9,14H2,1-2H3. The van der Waals surface area contributed by atoms with Crippen molar-refractivity contribution < 1.29 is 0 Å². The molecule has 3 unspecified atom stereocenters.